The van der Waals surface area contributed by atoms with Crippen LogP contribution in [-0.4, -0.2) is 0 Å². The van der Waals surface area contributed by atoms with Crippen LogP contribution in [0.3, 0.4) is 0 Å². The topological polar surface area (TPSA) is 30.2 Å². The van der Waals surface area contributed by atoms with Crippen molar-refractivity contribution in [2.45, 2.75) is 6.92 Å². The second-order valence-electron chi connectivity index (χ2n) is 4.90. The van der Waals surface area contributed by atoms with Crippen molar-refractivity contribution in [1.29, 1.82) is 0 Å². The molecular formula is C18H13ClO2. The third-order valence-electron chi connectivity index (χ3n) is 3.28. The number of hydrogen-bond donors (Lipinski definition) is 0. The second-order valence-corrected chi connectivity index (χ2v) is 5.34. The van der Waals surface area contributed by atoms with Crippen molar-refractivity contribution in [3.8, 4) is 0 Å². The van der Waals surface area contributed by atoms with Gasteiger partial charge in [0.25, 0.3) is 0 Å². The van der Waals surface area contributed by atoms with Crippen LogP contribution in [0, 0.1) is 6.92 Å². The molecular weight excluding hydrogens is 284 g/mol. The van der Waals surface area contributed by atoms with Gasteiger partial charge in [0, 0.05) is 5.02 Å². The standard InChI is InChI=1S/C18H13ClO2/c1-12-2-9-17-16(10-12)18(20)14(11-21-17)6-3-13-4-7-15(19)8-5-13/h2-11H,1H3/b6-3-. The van der Waals surface area contributed by atoms with E-state index in [0.717, 1.165) is 11.1 Å². The predicted molar refractivity (Wildman–Crippen MR) is 87.6 cm³/mol. The van der Waals surface area contributed by atoms with Gasteiger partial charge in [-0.1, -0.05) is 41.4 Å². The quantitative estimate of drug-likeness (QED) is 0.671. The molecule has 0 unspecified atom stereocenters. The maximum Gasteiger partial charge on any atom is 0.199 e. The van der Waals surface area contributed by atoms with E-state index in [0.29, 0.717) is 21.6 Å². The summed E-state index contributed by atoms with van der Waals surface area (Å²) in [7, 11) is 0. The van der Waals surface area contributed by atoms with Gasteiger partial charge in [0.05, 0.1) is 10.9 Å². The molecule has 21 heavy (non-hydrogen) atoms. The van der Waals surface area contributed by atoms with Crippen molar-refractivity contribution >= 4 is 34.7 Å². The molecule has 0 N–H and O–H groups in total. The molecule has 104 valence electrons. The van der Waals surface area contributed by atoms with E-state index >= 15 is 0 Å². The molecule has 0 aliphatic heterocycles. The molecule has 3 rings (SSSR count). The van der Waals surface area contributed by atoms with Crippen LogP contribution in [0.1, 0.15) is 16.7 Å². The van der Waals surface area contributed by atoms with Crippen LogP contribution < -0.4 is 5.43 Å². The second kappa shape index (κ2) is 5.58. The highest BCUT2D eigenvalue weighted by Gasteiger charge is 2.04. The number of benzene rings is 2. The number of hydrogen-bond acceptors (Lipinski definition) is 2. The minimum atomic E-state index is -0.0230. The van der Waals surface area contributed by atoms with Gasteiger partial charge in [-0.3, -0.25) is 4.79 Å². The molecule has 0 aliphatic carbocycles. The lowest BCUT2D eigenvalue weighted by Crippen LogP contribution is -2.04. The molecule has 0 atom stereocenters. The van der Waals surface area contributed by atoms with Gasteiger partial charge in [0.1, 0.15) is 11.8 Å². The molecule has 0 spiro atoms. The summed E-state index contributed by atoms with van der Waals surface area (Å²) < 4.78 is 5.51. The molecule has 0 amide bonds. The molecule has 0 saturated heterocycles. The molecule has 0 radical (unpaired) electrons. The monoisotopic (exact) mass is 296 g/mol. The first kappa shape index (κ1) is 13.7. The van der Waals surface area contributed by atoms with E-state index in [4.69, 9.17) is 16.0 Å². The van der Waals surface area contributed by atoms with Crippen molar-refractivity contribution in [3.05, 3.63) is 80.7 Å². The predicted octanol–water partition coefficient (Wildman–Crippen LogP) is 4.93. The lowest BCUT2D eigenvalue weighted by atomic mass is 10.1. The van der Waals surface area contributed by atoms with Gasteiger partial charge < -0.3 is 4.42 Å². The molecule has 0 fully saturated rings. The molecule has 3 heteroatoms. The lowest BCUT2D eigenvalue weighted by Gasteiger charge is -2.00. The molecule has 0 aliphatic rings. The lowest BCUT2D eigenvalue weighted by molar-refractivity contribution is 0.601. The van der Waals surface area contributed by atoms with Gasteiger partial charge in [0.2, 0.25) is 0 Å². The van der Waals surface area contributed by atoms with E-state index < -0.39 is 0 Å². The zero-order valence-electron chi connectivity index (χ0n) is 11.5. The van der Waals surface area contributed by atoms with E-state index in [1.165, 1.54) is 6.26 Å². The Bertz CT molecular complexity index is 874. The van der Waals surface area contributed by atoms with Crippen molar-refractivity contribution < 1.29 is 4.42 Å². The van der Waals surface area contributed by atoms with Gasteiger partial charge in [-0.2, -0.15) is 0 Å². The van der Waals surface area contributed by atoms with Crippen molar-refractivity contribution in [1.82, 2.24) is 0 Å². The SMILES string of the molecule is Cc1ccc2occ(/C=C\c3ccc(Cl)cc3)c(=O)c2c1. The Hall–Kier alpha value is -2.32. The maximum absolute atomic E-state index is 12.4. The summed E-state index contributed by atoms with van der Waals surface area (Å²) >= 11 is 5.85. The third kappa shape index (κ3) is 2.91. The number of fused-ring (bicyclic) bond motifs is 1. The summed E-state index contributed by atoms with van der Waals surface area (Å²) in [5.74, 6) is 0. The van der Waals surface area contributed by atoms with Gasteiger partial charge in [0.15, 0.2) is 5.43 Å². The van der Waals surface area contributed by atoms with Crippen molar-refractivity contribution in [3.63, 3.8) is 0 Å². The van der Waals surface area contributed by atoms with Gasteiger partial charge in [-0.15, -0.1) is 0 Å². The highest BCUT2D eigenvalue weighted by molar-refractivity contribution is 6.30. The largest absolute Gasteiger partial charge is 0.463 e. The normalized spacial score (nSPS) is 11.3. The fourth-order valence-electron chi connectivity index (χ4n) is 2.13. The maximum atomic E-state index is 12.4. The minimum absolute atomic E-state index is 0.0230. The van der Waals surface area contributed by atoms with E-state index in [1.54, 1.807) is 6.08 Å². The molecule has 2 nitrogen and oxygen atoms in total. The zero-order valence-corrected chi connectivity index (χ0v) is 12.2. The van der Waals surface area contributed by atoms with Gasteiger partial charge >= 0.3 is 0 Å². The number of halogens is 1. The highest BCUT2D eigenvalue weighted by atomic mass is 35.5. The minimum Gasteiger partial charge on any atom is -0.463 e. The fraction of sp³-hybridized carbons (Fsp3) is 0.0556. The molecule has 3 aromatic rings. The number of aryl methyl sites for hydroxylation is 1. The zero-order chi connectivity index (χ0) is 14.8. The third-order valence-corrected chi connectivity index (χ3v) is 3.53. The Kier molecular flexibility index (Phi) is 3.63. The smallest absolute Gasteiger partial charge is 0.199 e. The van der Waals surface area contributed by atoms with Gasteiger partial charge in [-0.25, -0.2) is 0 Å². The van der Waals surface area contributed by atoms with Crippen LogP contribution in [-0.2, 0) is 0 Å². The molecule has 0 saturated carbocycles. The van der Waals surface area contributed by atoms with Crippen LogP contribution in [0.5, 0.6) is 0 Å². The average Bonchev–Trinajstić information content (AvgIpc) is 2.49. The molecule has 1 heterocycles. The summed E-state index contributed by atoms with van der Waals surface area (Å²) in [6, 6.07) is 13.0. The molecule has 0 bridgehead atoms. The Balaban J connectivity index is 2.03. The number of rotatable bonds is 2. The Morgan fingerprint density at radius 2 is 1.81 bits per heavy atom. The van der Waals surface area contributed by atoms with E-state index in [9.17, 15) is 4.79 Å². The van der Waals surface area contributed by atoms with Gasteiger partial charge in [-0.05, 0) is 42.8 Å². The van der Waals surface area contributed by atoms with Crippen LogP contribution in [0.2, 0.25) is 5.02 Å². The van der Waals surface area contributed by atoms with E-state index in [2.05, 4.69) is 0 Å². The van der Waals surface area contributed by atoms with Crippen LogP contribution in [0.15, 0.2) is 57.9 Å². The van der Waals surface area contributed by atoms with E-state index in [-0.39, 0.29) is 5.43 Å². The molecule has 2 aromatic carbocycles. The first-order valence-electron chi connectivity index (χ1n) is 6.59. The first-order chi connectivity index (χ1) is 10.1. The average molecular weight is 297 g/mol. The first-order valence-corrected chi connectivity index (χ1v) is 6.97. The Labute approximate surface area is 127 Å². The van der Waals surface area contributed by atoms with Crippen molar-refractivity contribution in [2.75, 3.05) is 0 Å². The summed E-state index contributed by atoms with van der Waals surface area (Å²) in [4.78, 5) is 12.4. The van der Waals surface area contributed by atoms with Crippen LogP contribution in [0.4, 0.5) is 0 Å². The fourth-order valence-corrected chi connectivity index (χ4v) is 2.26. The highest BCUT2D eigenvalue weighted by Crippen LogP contribution is 2.15. The van der Waals surface area contributed by atoms with Crippen LogP contribution >= 0.6 is 11.6 Å². The Morgan fingerprint density at radius 3 is 2.57 bits per heavy atom. The van der Waals surface area contributed by atoms with Crippen molar-refractivity contribution in [2.24, 2.45) is 0 Å². The summed E-state index contributed by atoms with van der Waals surface area (Å²) in [6.45, 7) is 1.95. The summed E-state index contributed by atoms with van der Waals surface area (Å²) in [5, 5.41) is 1.29. The molecule has 1 aromatic heterocycles. The Morgan fingerprint density at radius 1 is 1.05 bits per heavy atom. The van der Waals surface area contributed by atoms with Crippen LogP contribution in [0.25, 0.3) is 23.1 Å². The van der Waals surface area contributed by atoms with E-state index in [1.807, 2.05) is 55.5 Å². The summed E-state index contributed by atoms with van der Waals surface area (Å²) in [6.07, 6.45) is 5.12. The summed E-state index contributed by atoms with van der Waals surface area (Å²) in [5.41, 5.74) is 3.12.